The second-order valence-electron chi connectivity index (χ2n) is 12.6. The SMILES string of the molecule is CC(C)CCC[C@@H](C)[C@H]1CC[C@H]2[C@@H]3CC(=NO)[C@H]4C[C@@H](Cl)CC[C@]4(C)[C@H]3CC[C@]12C. The van der Waals surface area contributed by atoms with Crippen molar-refractivity contribution in [2.24, 2.45) is 57.4 Å². The normalized spacial score (nSPS) is 48.3. The van der Waals surface area contributed by atoms with E-state index in [1.165, 1.54) is 51.4 Å². The molecule has 0 amide bonds. The van der Waals surface area contributed by atoms with Crippen LogP contribution in [0.4, 0.5) is 0 Å². The third-order valence-electron chi connectivity index (χ3n) is 10.7. The lowest BCUT2D eigenvalue weighted by Crippen LogP contribution is -2.56. The van der Waals surface area contributed by atoms with Crippen molar-refractivity contribution in [1.82, 2.24) is 0 Å². The first kappa shape index (κ1) is 22.9. The number of hydrogen-bond donors (Lipinski definition) is 1. The van der Waals surface area contributed by atoms with Gasteiger partial charge in [0.05, 0.1) is 5.71 Å². The molecule has 4 saturated carbocycles. The molecule has 172 valence electrons. The number of nitrogens with zero attached hydrogens (tertiary/aromatic N) is 1. The molecule has 0 aliphatic heterocycles. The van der Waals surface area contributed by atoms with Crippen molar-refractivity contribution < 1.29 is 5.21 Å². The van der Waals surface area contributed by atoms with Crippen LogP contribution in [-0.2, 0) is 0 Å². The van der Waals surface area contributed by atoms with Crippen LogP contribution < -0.4 is 0 Å². The lowest BCUT2D eigenvalue weighted by molar-refractivity contribution is -0.0801. The van der Waals surface area contributed by atoms with E-state index in [1.54, 1.807) is 0 Å². The second kappa shape index (κ2) is 8.60. The van der Waals surface area contributed by atoms with Crippen LogP contribution in [0.15, 0.2) is 5.16 Å². The maximum atomic E-state index is 9.95. The summed E-state index contributed by atoms with van der Waals surface area (Å²) in [4.78, 5) is 0. The Morgan fingerprint density at radius 1 is 1.00 bits per heavy atom. The Labute approximate surface area is 190 Å². The lowest BCUT2D eigenvalue weighted by atomic mass is 9.44. The van der Waals surface area contributed by atoms with E-state index in [1.807, 2.05) is 0 Å². The summed E-state index contributed by atoms with van der Waals surface area (Å²) >= 11 is 6.59. The fourth-order valence-corrected chi connectivity index (χ4v) is 9.44. The first-order chi connectivity index (χ1) is 14.2. The molecule has 0 heterocycles. The summed E-state index contributed by atoms with van der Waals surface area (Å²) in [6.45, 7) is 12.4. The van der Waals surface area contributed by atoms with Gasteiger partial charge in [0.2, 0.25) is 0 Å². The van der Waals surface area contributed by atoms with Crippen LogP contribution in [-0.4, -0.2) is 16.3 Å². The van der Waals surface area contributed by atoms with Crippen LogP contribution in [0.5, 0.6) is 0 Å². The van der Waals surface area contributed by atoms with Crippen molar-refractivity contribution in [2.45, 2.75) is 111 Å². The summed E-state index contributed by atoms with van der Waals surface area (Å²) in [6, 6.07) is 0. The van der Waals surface area contributed by atoms with E-state index >= 15 is 0 Å². The predicted octanol–water partition coefficient (Wildman–Crippen LogP) is 8.16. The number of hydrogen-bond acceptors (Lipinski definition) is 2. The first-order valence-corrected chi connectivity index (χ1v) is 13.5. The summed E-state index contributed by atoms with van der Waals surface area (Å²) in [5.41, 5.74) is 1.87. The molecule has 3 heteroatoms. The highest BCUT2D eigenvalue weighted by Crippen LogP contribution is 2.68. The number of alkyl halides is 1. The van der Waals surface area contributed by atoms with Crippen LogP contribution in [0.25, 0.3) is 0 Å². The summed E-state index contributed by atoms with van der Waals surface area (Å²) in [5, 5.41) is 14.1. The molecule has 4 fully saturated rings. The summed E-state index contributed by atoms with van der Waals surface area (Å²) in [6.07, 6.45) is 14.2. The minimum absolute atomic E-state index is 0.257. The monoisotopic (exact) mass is 435 g/mol. The molecule has 4 aliphatic carbocycles. The van der Waals surface area contributed by atoms with E-state index in [-0.39, 0.29) is 10.8 Å². The minimum Gasteiger partial charge on any atom is -0.411 e. The van der Waals surface area contributed by atoms with Gasteiger partial charge >= 0.3 is 0 Å². The van der Waals surface area contributed by atoms with Crippen molar-refractivity contribution in [2.75, 3.05) is 0 Å². The molecule has 0 aromatic rings. The number of halogens is 1. The van der Waals surface area contributed by atoms with Crippen molar-refractivity contribution in [1.29, 1.82) is 0 Å². The molecule has 4 aliphatic rings. The van der Waals surface area contributed by atoms with E-state index < -0.39 is 0 Å². The van der Waals surface area contributed by atoms with Gasteiger partial charge in [0, 0.05) is 11.3 Å². The zero-order valence-corrected chi connectivity index (χ0v) is 20.9. The zero-order chi connectivity index (χ0) is 21.7. The summed E-state index contributed by atoms with van der Waals surface area (Å²) in [5.74, 6) is 5.29. The van der Waals surface area contributed by atoms with Gasteiger partial charge in [-0.15, -0.1) is 11.6 Å². The maximum absolute atomic E-state index is 9.95. The number of rotatable bonds is 5. The lowest BCUT2D eigenvalue weighted by Gasteiger charge is -2.61. The molecule has 4 rings (SSSR count). The van der Waals surface area contributed by atoms with Crippen LogP contribution >= 0.6 is 11.6 Å². The fourth-order valence-electron chi connectivity index (χ4n) is 9.15. The molecule has 0 aromatic carbocycles. The topological polar surface area (TPSA) is 32.6 Å². The average molecular weight is 436 g/mol. The molecule has 30 heavy (non-hydrogen) atoms. The molecule has 0 radical (unpaired) electrons. The quantitative estimate of drug-likeness (QED) is 0.263. The Balaban J connectivity index is 1.53. The van der Waals surface area contributed by atoms with Gasteiger partial charge in [-0.2, -0.15) is 0 Å². The van der Waals surface area contributed by atoms with Crippen LogP contribution in [0, 0.1) is 52.3 Å². The molecule has 1 N–H and O–H groups in total. The van der Waals surface area contributed by atoms with Crippen molar-refractivity contribution >= 4 is 17.3 Å². The Morgan fingerprint density at radius 3 is 2.40 bits per heavy atom. The van der Waals surface area contributed by atoms with Gasteiger partial charge in [-0.05, 0) is 97.7 Å². The van der Waals surface area contributed by atoms with Crippen molar-refractivity contribution in [3.05, 3.63) is 0 Å². The number of oxime groups is 1. The largest absolute Gasteiger partial charge is 0.411 e. The smallest absolute Gasteiger partial charge is 0.0610 e. The third-order valence-corrected chi connectivity index (χ3v) is 11.1. The predicted molar refractivity (Wildman–Crippen MR) is 127 cm³/mol. The first-order valence-electron chi connectivity index (χ1n) is 13.1. The zero-order valence-electron chi connectivity index (χ0n) is 20.2. The molecule has 0 bridgehead atoms. The van der Waals surface area contributed by atoms with E-state index in [0.29, 0.717) is 11.3 Å². The van der Waals surface area contributed by atoms with E-state index in [4.69, 9.17) is 11.6 Å². The van der Waals surface area contributed by atoms with Gasteiger partial charge in [-0.1, -0.05) is 59.0 Å². The van der Waals surface area contributed by atoms with E-state index in [0.717, 1.165) is 60.5 Å². The van der Waals surface area contributed by atoms with Crippen LogP contribution in [0.2, 0.25) is 0 Å². The maximum Gasteiger partial charge on any atom is 0.0610 e. The van der Waals surface area contributed by atoms with Gasteiger partial charge in [-0.3, -0.25) is 0 Å². The molecular formula is C27H46ClNO. The Hall–Kier alpha value is -0.240. The molecule has 2 nitrogen and oxygen atoms in total. The van der Waals surface area contributed by atoms with Crippen molar-refractivity contribution in [3.8, 4) is 0 Å². The van der Waals surface area contributed by atoms with Gasteiger partial charge in [0.1, 0.15) is 0 Å². The highest BCUT2D eigenvalue weighted by molar-refractivity contribution is 6.20. The Morgan fingerprint density at radius 2 is 1.70 bits per heavy atom. The van der Waals surface area contributed by atoms with Crippen molar-refractivity contribution in [3.63, 3.8) is 0 Å². The highest BCUT2D eigenvalue weighted by Gasteiger charge is 2.62. The van der Waals surface area contributed by atoms with E-state index in [9.17, 15) is 5.21 Å². The Kier molecular flexibility index (Phi) is 6.58. The molecule has 0 spiro atoms. The van der Waals surface area contributed by atoms with Crippen LogP contribution in [0.1, 0.15) is 105 Å². The standard InChI is InChI=1S/C27H46ClNO/c1-17(2)7-6-8-18(3)21-9-10-22-20-16-25(29-30)24-15-19(28)11-13-27(24,5)23(20)12-14-26(21,22)4/h17-24,30H,6-16H2,1-5H3/t18-,19+,20+,21-,22+,23+,24-,26-,27-/m1/s1. The molecule has 9 atom stereocenters. The van der Waals surface area contributed by atoms with Gasteiger partial charge in [-0.25, -0.2) is 0 Å². The minimum atomic E-state index is 0.257. The highest BCUT2D eigenvalue weighted by atomic mass is 35.5. The molecule has 0 aromatic heterocycles. The number of fused-ring (bicyclic) bond motifs is 5. The van der Waals surface area contributed by atoms with Gasteiger partial charge in [0.15, 0.2) is 0 Å². The molecule has 0 unspecified atom stereocenters. The molecule has 0 saturated heterocycles. The van der Waals surface area contributed by atoms with E-state index in [2.05, 4.69) is 39.8 Å². The molecular weight excluding hydrogens is 390 g/mol. The van der Waals surface area contributed by atoms with Gasteiger partial charge < -0.3 is 5.21 Å². The van der Waals surface area contributed by atoms with Crippen LogP contribution in [0.3, 0.4) is 0 Å². The second-order valence-corrected chi connectivity index (χ2v) is 13.2. The summed E-state index contributed by atoms with van der Waals surface area (Å²) in [7, 11) is 0. The fraction of sp³-hybridized carbons (Fsp3) is 0.963. The third kappa shape index (κ3) is 3.75. The summed E-state index contributed by atoms with van der Waals surface area (Å²) < 4.78 is 0. The van der Waals surface area contributed by atoms with Gasteiger partial charge in [0.25, 0.3) is 0 Å². The average Bonchev–Trinajstić information content (AvgIpc) is 3.05. The Bertz CT molecular complexity index is 647.